The van der Waals surface area contributed by atoms with Gasteiger partial charge in [0.05, 0.1) is 12.7 Å². The van der Waals surface area contributed by atoms with Gasteiger partial charge in [-0.1, -0.05) is 30.3 Å². The van der Waals surface area contributed by atoms with Crippen molar-refractivity contribution >= 4 is 97.5 Å². The van der Waals surface area contributed by atoms with E-state index < -0.39 is 5.97 Å². The van der Waals surface area contributed by atoms with Crippen molar-refractivity contribution in [2.24, 2.45) is 0 Å². The molecule has 0 amide bonds. The maximum atomic E-state index is 11.6. The van der Waals surface area contributed by atoms with Gasteiger partial charge in [-0.3, -0.25) is 9.59 Å². The molecule has 7 nitrogen and oxygen atoms in total. The molecular formula is C26H30N2Na2O5Se2. The van der Waals surface area contributed by atoms with Gasteiger partial charge in [0.1, 0.15) is 6.42 Å². The molecule has 188 valence electrons. The van der Waals surface area contributed by atoms with E-state index in [1.165, 1.54) is 43.6 Å². The van der Waals surface area contributed by atoms with Gasteiger partial charge in [-0.05, 0) is 13.8 Å². The van der Waals surface area contributed by atoms with Gasteiger partial charge >= 0.3 is 172 Å². The number of Topliss-reactive ketones (excluding diaryl/α,β-unsaturated/α-hetero) is 1. The van der Waals surface area contributed by atoms with Crippen LogP contribution in [-0.2, 0) is 14.3 Å². The first kappa shape index (κ1) is 38.0. The number of nitrogen functional groups attached to an aromatic ring is 1. The summed E-state index contributed by atoms with van der Waals surface area (Å²) < 4.78 is 11.2. The van der Waals surface area contributed by atoms with Gasteiger partial charge in [0.15, 0.2) is 5.78 Å². The number of carbonyl (C=O) groups is 3. The molecule has 3 rings (SSSR count). The van der Waals surface area contributed by atoms with Crippen molar-refractivity contribution < 1.29 is 23.9 Å². The van der Waals surface area contributed by atoms with Crippen LogP contribution in [-0.4, -0.2) is 106 Å². The molecule has 0 aliphatic heterocycles. The van der Waals surface area contributed by atoms with Crippen LogP contribution in [0.2, 0.25) is 0 Å². The minimum atomic E-state index is -0.449. The first-order valence-corrected chi connectivity index (χ1v) is 21.3. The number of hydrogen-bond donors (Lipinski definition) is 1. The van der Waals surface area contributed by atoms with Crippen LogP contribution in [0.5, 0.6) is 0 Å². The summed E-state index contributed by atoms with van der Waals surface area (Å²) in [6.45, 7) is 5.78. The van der Waals surface area contributed by atoms with Crippen molar-refractivity contribution in [2.75, 3.05) is 18.9 Å². The molecule has 0 aliphatic rings. The Morgan fingerprint density at radius 1 is 0.946 bits per heavy atom. The fourth-order valence-corrected chi connectivity index (χ4v) is 4.40. The third-order valence-electron chi connectivity index (χ3n) is 4.02. The molecule has 1 heterocycles. The van der Waals surface area contributed by atoms with E-state index in [0.717, 1.165) is 15.6 Å². The first-order chi connectivity index (χ1) is 17.3. The van der Waals surface area contributed by atoms with Gasteiger partial charge < -0.3 is 4.74 Å². The van der Waals surface area contributed by atoms with E-state index in [1.54, 1.807) is 26.8 Å². The Morgan fingerprint density at radius 2 is 1.46 bits per heavy atom. The average Bonchev–Trinajstić information content (AvgIpc) is 3.29. The van der Waals surface area contributed by atoms with Crippen LogP contribution in [0.25, 0.3) is 10.0 Å². The molecule has 0 saturated carbocycles. The molecule has 2 aromatic carbocycles. The third-order valence-corrected chi connectivity index (χ3v) is 6.15. The number of ketones is 1. The van der Waals surface area contributed by atoms with E-state index in [0.29, 0.717) is 23.3 Å². The van der Waals surface area contributed by atoms with Gasteiger partial charge in [-0.25, -0.2) is 0 Å². The zero-order valence-corrected chi connectivity index (χ0v) is 29.8. The molecule has 0 spiro atoms. The number of nitrogens with two attached hydrogens (primary N) is 1. The summed E-state index contributed by atoms with van der Waals surface area (Å²) in [7, 11) is 0. The van der Waals surface area contributed by atoms with Crippen molar-refractivity contribution in [1.29, 1.82) is 5.26 Å². The Hall–Kier alpha value is -1.14. The van der Waals surface area contributed by atoms with E-state index in [2.05, 4.69) is 4.74 Å². The van der Waals surface area contributed by atoms with Crippen LogP contribution in [0.3, 0.4) is 0 Å². The summed E-state index contributed by atoms with van der Waals surface area (Å²) >= 11 is 2.91. The topological polar surface area (TPSA) is 119 Å². The average molecular weight is 654 g/mol. The third kappa shape index (κ3) is 16.4. The zero-order chi connectivity index (χ0) is 27.3. The molecule has 0 radical (unpaired) electrons. The summed E-state index contributed by atoms with van der Waals surface area (Å²) in [5.74, 6) is -0.650. The number of esters is 2. The molecule has 2 N–H and O–H groups in total. The second-order valence-electron chi connectivity index (χ2n) is 6.54. The van der Waals surface area contributed by atoms with Crippen LogP contribution in [0.1, 0.15) is 47.9 Å². The molecule has 0 fully saturated rings. The quantitative estimate of drug-likeness (QED) is 0.247. The van der Waals surface area contributed by atoms with Crippen molar-refractivity contribution in [1.82, 2.24) is 0 Å². The fourth-order valence-electron chi connectivity index (χ4n) is 2.47. The summed E-state index contributed by atoms with van der Waals surface area (Å²) in [5, 5.41) is 7.91. The van der Waals surface area contributed by atoms with Gasteiger partial charge in [-0.2, -0.15) is 5.26 Å². The Morgan fingerprint density at radius 3 is 1.89 bits per heavy atom. The molecule has 0 saturated heterocycles. The minimum absolute atomic E-state index is 0. The number of benzene rings is 2. The van der Waals surface area contributed by atoms with Crippen LogP contribution < -0.4 is 5.73 Å². The summed E-state index contributed by atoms with van der Waals surface area (Å²) in [6, 6.07) is 22.7. The van der Waals surface area contributed by atoms with Gasteiger partial charge in [-0.15, -0.1) is 0 Å². The van der Waals surface area contributed by atoms with Crippen molar-refractivity contribution in [3.8, 4) is 16.1 Å². The van der Waals surface area contributed by atoms with Crippen LogP contribution >= 0.6 is 0 Å². The molecule has 3 aromatic rings. The second kappa shape index (κ2) is 23.9. The first-order valence-electron chi connectivity index (χ1n) is 11.5. The number of rotatable bonds is 6. The molecular weight excluding hydrogens is 624 g/mol. The van der Waals surface area contributed by atoms with E-state index in [9.17, 15) is 14.4 Å². The van der Waals surface area contributed by atoms with Crippen LogP contribution in [0.15, 0.2) is 66.7 Å². The summed E-state index contributed by atoms with van der Waals surface area (Å²) in [6.07, 6.45) is -0.145. The maximum absolute atomic E-state index is 11.6. The van der Waals surface area contributed by atoms with Crippen LogP contribution in [0.4, 0.5) is 4.56 Å². The summed E-state index contributed by atoms with van der Waals surface area (Å²) in [5.41, 5.74) is 8.31. The number of carbonyl (C=O) groups excluding carboxylic acids is 3. The second-order valence-corrected chi connectivity index (χ2v) is 8.81. The number of nitriles is 1. The number of ether oxygens (including phenoxy) is 2. The predicted molar refractivity (Wildman–Crippen MR) is 153 cm³/mol. The Bertz CT molecular complexity index is 1110. The molecule has 11 heteroatoms. The number of hydrogen-bond acceptors (Lipinski definition) is 7. The van der Waals surface area contributed by atoms with Gasteiger partial charge in [0, 0.05) is 5.56 Å². The SMILES string of the molecule is CC(=O)c1ccccc1.CCOC(=O)CC#N.CCOC(=O)c1cc(-c2ccccc2)[se]c1N.[Na][Na].[SeH2]. The van der Waals surface area contributed by atoms with Crippen molar-refractivity contribution in [3.63, 3.8) is 0 Å². The molecule has 0 atom stereocenters. The molecule has 37 heavy (non-hydrogen) atoms. The summed E-state index contributed by atoms with van der Waals surface area (Å²) in [4.78, 5) is 32.5. The Labute approximate surface area is 263 Å². The van der Waals surface area contributed by atoms with E-state index in [-0.39, 0.29) is 49.7 Å². The zero-order valence-electron chi connectivity index (χ0n) is 21.9. The monoisotopic (exact) mass is 656 g/mol. The fraction of sp³-hybridized carbons (Fsp3) is 0.231. The number of nitrogens with zero attached hydrogens (tertiary/aromatic N) is 1. The van der Waals surface area contributed by atoms with Gasteiger partial charge in [0.25, 0.3) is 0 Å². The normalized spacial score (nSPS) is 8.70. The van der Waals surface area contributed by atoms with Gasteiger partial charge in [0.2, 0.25) is 0 Å². The van der Waals surface area contributed by atoms with Crippen molar-refractivity contribution in [3.05, 3.63) is 77.9 Å². The number of anilines is 1. The molecule has 0 unspecified atom stereocenters. The predicted octanol–water partition coefficient (Wildman–Crippen LogP) is 2.84. The standard InChI is InChI=1S/C13H13NO2Se.C8H8O.C5H7NO2.2Na.H2Se/c1-2-16-13(15)10-8-11(17-12(10)14)9-6-4-3-5-7-9;1-7(9)8-5-3-2-4-6-8;1-2-8-5(7)3-4-6;;;/h3-8H,2,14H2,1H3;2-6H,1H3;2-3H2,1H3;;;1H2. The Balaban J connectivity index is 0. The molecule has 0 bridgehead atoms. The van der Waals surface area contributed by atoms with Crippen molar-refractivity contribution in [2.45, 2.75) is 27.2 Å². The van der Waals surface area contributed by atoms with Crippen LogP contribution in [0, 0.1) is 11.3 Å². The Kier molecular flexibility index (Phi) is 24.6. The van der Waals surface area contributed by atoms with E-state index >= 15 is 0 Å². The molecule has 0 aliphatic carbocycles. The van der Waals surface area contributed by atoms with E-state index in [1.807, 2.05) is 66.7 Å². The van der Waals surface area contributed by atoms with E-state index in [4.69, 9.17) is 15.7 Å². The molecule has 1 aromatic heterocycles.